The van der Waals surface area contributed by atoms with Crippen LogP contribution in [0.15, 0.2) is 33.5 Å². The van der Waals surface area contributed by atoms with E-state index in [0.717, 1.165) is 18.7 Å². The molecule has 0 bridgehead atoms. The quantitative estimate of drug-likeness (QED) is 0.698. The van der Waals surface area contributed by atoms with Crippen molar-refractivity contribution in [3.8, 4) is 0 Å². The average molecular weight is 381 g/mol. The maximum absolute atomic E-state index is 13.1. The van der Waals surface area contributed by atoms with Gasteiger partial charge in [0.1, 0.15) is 17.0 Å². The van der Waals surface area contributed by atoms with Crippen molar-refractivity contribution in [2.45, 2.75) is 19.8 Å². The predicted octanol–water partition coefficient (Wildman–Crippen LogP) is 2.91. The second kappa shape index (κ2) is 6.91. The minimum absolute atomic E-state index is 0.0312. The maximum Gasteiger partial charge on any atom is 0.339 e. The SMILES string of the molecule is CC(C)c1ccc2oc3nc(N4CCN(C)CC4)c(C(=O)O)cc3c(=O)c2c1. The number of pyridine rings is 1. The van der Waals surface area contributed by atoms with Crippen molar-refractivity contribution >= 4 is 33.9 Å². The Morgan fingerprint density at radius 1 is 1.14 bits per heavy atom. The van der Waals surface area contributed by atoms with Crippen LogP contribution < -0.4 is 10.3 Å². The van der Waals surface area contributed by atoms with Crippen LogP contribution in [0.4, 0.5) is 5.82 Å². The van der Waals surface area contributed by atoms with Crippen molar-refractivity contribution in [2.24, 2.45) is 0 Å². The molecule has 7 nitrogen and oxygen atoms in total. The topological polar surface area (TPSA) is 86.9 Å². The van der Waals surface area contributed by atoms with Crippen LogP contribution in [0, 0.1) is 0 Å². The number of carboxylic acid groups (broad SMARTS) is 1. The van der Waals surface area contributed by atoms with E-state index in [9.17, 15) is 14.7 Å². The summed E-state index contributed by atoms with van der Waals surface area (Å²) in [4.78, 5) is 33.5. The first-order valence-corrected chi connectivity index (χ1v) is 9.43. The number of carboxylic acids is 1. The Balaban J connectivity index is 1.94. The Morgan fingerprint density at radius 2 is 1.86 bits per heavy atom. The van der Waals surface area contributed by atoms with Crippen molar-refractivity contribution in [1.29, 1.82) is 0 Å². The number of piperazine rings is 1. The average Bonchev–Trinajstić information content (AvgIpc) is 2.67. The van der Waals surface area contributed by atoms with Gasteiger partial charge in [-0.3, -0.25) is 4.79 Å². The van der Waals surface area contributed by atoms with Crippen LogP contribution in [0.2, 0.25) is 0 Å². The van der Waals surface area contributed by atoms with Gasteiger partial charge in [0.25, 0.3) is 0 Å². The molecule has 146 valence electrons. The Labute approximate surface area is 162 Å². The number of hydrogen-bond donors (Lipinski definition) is 1. The van der Waals surface area contributed by atoms with Crippen molar-refractivity contribution < 1.29 is 14.3 Å². The Kier molecular flexibility index (Phi) is 4.55. The van der Waals surface area contributed by atoms with Gasteiger partial charge >= 0.3 is 5.97 Å². The van der Waals surface area contributed by atoms with Gasteiger partial charge in [0.2, 0.25) is 11.1 Å². The highest BCUT2D eigenvalue weighted by Gasteiger charge is 2.24. The number of rotatable bonds is 3. The van der Waals surface area contributed by atoms with Gasteiger partial charge < -0.3 is 19.3 Å². The molecule has 1 aliphatic rings. The second-order valence-corrected chi connectivity index (χ2v) is 7.65. The fourth-order valence-corrected chi connectivity index (χ4v) is 3.57. The van der Waals surface area contributed by atoms with E-state index in [1.165, 1.54) is 6.07 Å². The first-order valence-electron chi connectivity index (χ1n) is 9.43. The van der Waals surface area contributed by atoms with Crippen molar-refractivity contribution in [2.75, 3.05) is 38.1 Å². The molecule has 0 saturated carbocycles. The molecule has 3 aromatic rings. The van der Waals surface area contributed by atoms with Crippen LogP contribution in [0.5, 0.6) is 0 Å². The zero-order valence-corrected chi connectivity index (χ0v) is 16.2. The number of aromatic carboxylic acids is 1. The fraction of sp³-hybridized carbons (Fsp3) is 0.381. The third-order valence-corrected chi connectivity index (χ3v) is 5.37. The van der Waals surface area contributed by atoms with Gasteiger partial charge in [-0.15, -0.1) is 0 Å². The van der Waals surface area contributed by atoms with Crippen molar-refractivity contribution in [3.63, 3.8) is 0 Å². The van der Waals surface area contributed by atoms with E-state index in [1.54, 1.807) is 6.07 Å². The van der Waals surface area contributed by atoms with Crippen molar-refractivity contribution in [1.82, 2.24) is 9.88 Å². The summed E-state index contributed by atoms with van der Waals surface area (Å²) in [6, 6.07) is 6.95. The van der Waals surface area contributed by atoms with Gasteiger partial charge in [-0.05, 0) is 36.7 Å². The highest BCUT2D eigenvalue weighted by molar-refractivity contribution is 5.99. The molecule has 1 saturated heterocycles. The van der Waals surface area contributed by atoms with Crippen LogP contribution in [0.1, 0.15) is 35.7 Å². The van der Waals surface area contributed by atoms with Crippen molar-refractivity contribution in [3.05, 3.63) is 45.6 Å². The van der Waals surface area contributed by atoms with Gasteiger partial charge in [-0.1, -0.05) is 19.9 Å². The molecule has 1 aliphatic heterocycles. The molecular formula is C21H23N3O4. The first-order chi connectivity index (χ1) is 13.3. The molecule has 1 aromatic carbocycles. The lowest BCUT2D eigenvalue weighted by molar-refractivity contribution is 0.0697. The molecule has 7 heteroatoms. The molecule has 4 rings (SSSR count). The number of carbonyl (C=O) groups is 1. The molecule has 0 spiro atoms. The predicted molar refractivity (Wildman–Crippen MR) is 109 cm³/mol. The number of anilines is 1. The lowest BCUT2D eigenvalue weighted by Crippen LogP contribution is -2.45. The van der Waals surface area contributed by atoms with Crippen LogP contribution in [0.25, 0.3) is 22.1 Å². The molecule has 1 N–H and O–H groups in total. The molecule has 0 aliphatic carbocycles. The Hall–Kier alpha value is -2.93. The van der Waals surface area contributed by atoms with E-state index in [0.29, 0.717) is 29.9 Å². The van der Waals surface area contributed by atoms with Gasteiger partial charge in [0.15, 0.2) is 0 Å². The van der Waals surface area contributed by atoms with E-state index in [4.69, 9.17) is 4.42 Å². The van der Waals surface area contributed by atoms with Gasteiger partial charge in [-0.2, -0.15) is 4.98 Å². The van der Waals surface area contributed by atoms with E-state index in [1.807, 2.05) is 24.1 Å². The van der Waals surface area contributed by atoms with Crippen LogP contribution in [-0.4, -0.2) is 54.2 Å². The largest absolute Gasteiger partial charge is 0.478 e. The number of fused-ring (bicyclic) bond motifs is 2. The van der Waals surface area contributed by atoms with E-state index in [-0.39, 0.29) is 28.0 Å². The normalized spacial score (nSPS) is 15.6. The van der Waals surface area contributed by atoms with E-state index < -0.39 is 5.97 Å². The molecular weight excluding hydrogens is 358 g/mol. The molecule has 2 aromatic heterocycles. The third-order valence-electron chi connectivity index (χ3n) is 5.37. The Bertz CT molecular complexity index is 1130. The summed E-state index contributed by atoms with van der Waals surface area (Å²) in [7, 11) is 2.03. The van der Waals surface area contributed by atoms with Crippen LogP contribution in [-0.2, 0) is 0 Å². The van der Waals surface area contributed by atoms with E-state index in [2.05, 4.69) is 23.7 Å². The number of nitrogens with zero attached hydrogens (tertiary/aromatic N) is 3. The summed E-state index contributed by atoms with van der Waals surface area (Å²) in [5.41, 5.74) is 1.44. The molecule has 28 heavy (non-hydrogen) atoms. The lowest BCUT2D eigenvalue weighted by atomic mass is 10.0. The smallest absolute Gasteiger partial charge is 0.339 e. The number of hydrogen-bond acceptors (Lipinski definition) is 6. The van der Waals surface area contributed by atoms with Crippen LogP contribution in [0.3, 0.4) is 0 Å². The number of benzene rings is 1. The molecule has 3 heterocycles. The van der Waals surface area contributed by atoms with Crippen LogP contribution >= 0.6 is 0 Å². The standard InChI is InChI=1S/C21H23N3O4/c1-12(2)13-4-5-17-14(10-13)18(25)15-11-16(21(26)27)19(22-20(15)28-17)24-8-6-23(3)7-9-24/h4-5,10-12H,6-9H2,1-3H3,(H,26,27). The minimum atomic E-state index is -1.10. The monoisotopic (exact) mass is 381 g/mol. The fourth-order valence-electron chi connectivity index (χ4n) is 3.57. The molecule has 0 amide bonds. The summed E-state index contributed by atoms with van der Waals surface area (Å²) in [6.07, 6.45) is 0. The highest BCUT2D eigenvalue weighted by atomic mass is 16.4. The zero-order chi connectivity index (χ0) is 20.0. The van der Waals surface area contributed by atoms with E-state index >= 15 is 0 Å². The Morgan fingerprint density at radius 3 is 2.50 bits per heavy atom. The second-order valence-electron chi connectivity index (χ2n) is 7.65. The summed E-state index contributed by atoms with van der Waals surface area (Å²) in [5, 5.41) is 10.4. The number of aromatic nitrogens is 1. The van der Waals surface area contributed by atoms with Gasteiger partial charge in [-0.25, -0.2) is 4.79 Å². The lowest BCUT2D eigenvalue weighted by Gasteiger charge is -2.33. The minimum Gasteiger partial charge on any atom is -0.478 e. The highest BCUT2D eigenvalue weighted by Crippen LogP contribution is 2.27. The maximum atomic E-state index is 13.1. The first kappa shape index (κ1) is 18.4. The third kappa shape index (κ3) is 3.11. The molecule has 0 radical (unpaired) electrons. The molecule has 0 unspecified atom stereocenters. The molecule has 1 fully saturated rings. The molecule has 0 atom stereocenters. The van der Waals surface area contributed by atoms with Gasteiger partial charge in [0, 0.05) is 26.2 Å². The number of likely N-dealkylation sites (N-methyl/N-ethyl adjacent to an activating group) is 1. The van der Waals surface area contributed by atoms with Gasteiger partial charge in [0.05, 0.1) is 10.8 Å². The summed E-state index contributed by atoms with van der Waals surface area (Å²) in [6.45, 7) is 7.08. The summed E-state index contributed by atoms with van der Waals surface area (Å²) in [5.74, 6) is -0.472. The summed E-state index contributed by atoms with van der Waals surface area (Å²) >= 11 is 0. The summed E-state index contributed by atoms with van der Waals surface area (Å²) < 4.78 is 5.91. The zero-order valence-electron chi connectivity index (χ0n) is 16.2.